The average Bonchev–Trinajstić information content (AvgIpc) is 3.27. The third-order valence-electron chi connectivity index (χ3n) is 7.34. The van der Waals surface area contributed by atoms with Gasteiger partial charge in [-0.25, -0.2) is 4.98 Å². The van der Waals surface area contributed by atoms with Crippen LogP contribution in [0.2, 0.25) is 0 Å². The van der Waals surface area contributed by atoms with E-state index in [1.54, 1.807) is 7.11 Å². The van der Waals surface area contributed by atoms with Gasteiger partial charge in [-0.1, -0.05) is 37.6 Å². The number of methoxy groups -OCH3 is 1. The van der Waals surface area contributed by atoms with Crippen LogP contribution in [0, 0.1) is 19.8 Å². The van der Waals surface area contributed by atoms with Crippen molar-refractivity contribution in [2.75, 3.05) is 33.3 Å². The fraction of sp³-hybridized carbons (Fsp3) is 0.355. The molecule has 0 N–H and O–H groups in total. The summed E-state index contributed by atoms with van der Waals surface area (Å²) in [6.45, 7) is 12.2. The molecule has 1 fully saturated rings. The number of ether oxygens (including phenoxy) is 1. The van der Waals surface area contributed by atoms with Crippen LogP contribution in [0.5, 0.6) is 5.75 Å². The second-order valence-electron chi connectivity index (χ2n) is 10.4. The molecule has 37 heavy (non-hydrogen) atoms. The van der Waals surface area contributed by atoms with Gasteiger partial charge in [0.2, 0.25) is 5.91 Å². The van der Waals surface area contributed by atoms with Crippen molar-refractivity contribution in [3.63, 3.8) is 0 Å². The number of carbonyl (C=O) groups excluding carboxylic acids is 1. The lowest BCUT2D eigenvalue weighted by Crippen LogP contribution is -2.49. The molecule has 0 spiro atoms. The molecule has 0 saturated carbocycles. The minimum Gasteiger partial charge on any atom is -0.497 e. The number of pyridine rings is 1. The van der Waals surface area contributed by atoms with Gasteiger partial charge in [-0.2, -0.15) is 0 Å². The average molecular weight is 497 g/mol. The number of amides is 1. The smallest absolute Gasteiger partial charge is 0.225 e. The monoisotopic (exact) mass is 496 g/mol. The maximum Gasteiger partial charge on any atom is 0.225 e. The molecule has 0 atom stereocenters. The second kappa shape index (κ2) is 10.4. The number of hydrogen-bond donors (Lipinski definition) is 0. The molecule has 2 aromatic heterocycles. The summed E-state index contributed by atoms with van der Waals surface area (Å²) in [5.41, 5.74) is 9.09. The molecule has 0 bridgehead atoms. The van der Waals surface area contributed by atoms with E-state index in [-0.39, 0.29) is 11.8 Å². The number of nitrogens with zero attached hydrogens (tertiary/aromatic N) is 4. The maximum absolute atomic E-state index is 12.5. The maximum atomic E-state index is 12.5. The van der Waals surface area contributed by atoms with Crippen LogP contribution >= 0.6 is 0 Å². The quantitative estimate of drug-likeness (QED) is 0.349. The highest BCUT2D eigenvalue weighted by molar-refractivity contribution is 5.78. The lowest BCUT2D eigenvalue weighted by atomic mass is 10.00. The Balaban J connectivity index is 1.54. The van der Waals surface area contributed by atoms with E-state index >= 15 is 0 Å². The molecule has 1 amide bonds. The summed E-state index contributed by atoms with van der Waals surface area (Å²) in [6.07, 6.45) is 2.23. The molecule has 0 unspecified atom stereocenters. The van der Waals surface area contributed by atoms with Gasteiger partial charge in [-0.15, -0.1) is 0 Å². The number of hydrogen-bond acceptors (Lipinski definition) is 4. The van der Waals surface area contributed by atoms with Crippen LogP contribution in [0.4, 0.5) is 0 Å². The molecule has 1 saturated heterocycles. The SMILES string of the molecule is COc1ccc(-c2nc3ccc(-c4cc(C)ccc4C)cn3c2CN2CCN(C(=O)C(C)C)CC2)cc1. The lowest BCUT2D eigenvalue weighted by Gasteiger charge is -2.35. The van der Waals surface area contributed by atoms with E-state index in [1.165, 1.54) is 22.3 Å². The van der Waals surface area contributed by atoms with Gasteiger partial charge >= 0.3 is 0 Å². The summed E-state index contributed by atoms with van der Waals surface area (Å²) in [5, 5.41) is 0. The zero-order chi connectivity index (χ0) is 26.1. The van der Waals surface area contributed by atoms with E-state index in [1.807, 2.05) is 30.9 Å². The topological polar surface area (TPSA) is 50.1 Å². The third kappa shape index (κ3) is 5.12. The molecule has 0 aliphatic carbocycles. The first kappa shape index (κ1) is 25.0. The fourth-order valence-corrected chi connectivity index (χ4v) is 5.13. The van der Waals surface area contributed by atoms with E-state index in [0.29, 0.717) is 0 Å². The van der Waals surface area contributed by atoms with Crippen LogP contribution in [0.3, 0.4) is 0 Å². The largest absolute Gasteiger partial charge is 0.497 e. The summed E-state index contributed by atoms with van der Waals surface area (Å²) in [4.78, 5) is 22.0. The van der Waals surface area contributed by atoms with Crippen molar-refractivity contribution in [1.29, 1.82) is 0 Å². The number of imidazole rings is 1. The minimum atomic E-state index is 0.0375. The van der Waals surface area contributed by atoms with Crippen LogP contribution in [-0.2, 0) is 11.3 Å². The first-order valence-electron chi connectivity index (χ1n) is 13.1. The predicted octanol–water partition coefficient (Wildman–Crippen LogP) is 5.59. The van der Waals surface area contributed by atoms with Crippen molar-refractivity contribution in [3.8, 4) is 28.1 Å². The Labute approximate surface area is 219 Å². The normalized spacial score (nSPS) is 14.5. The summed E-state index contributed by atoms with van der Waals surface area (Å²) < 4.78 is 7.63. The van der Waals surface area contributed by atoms with Gasteiger partial charge in [-0.05, 0) is 66.9 Å². The summed E-state index contributed by atoms with van der Waals surface area (Å²) >= 11 is 0. The zero-order valence-corrected chi connectivity index (χ0v) is 22.5. The van der Waals surface area contributed by atoms with Crippen molar-refractivity contribution >= 4 is 11.6 Å². The van der Waals surface area contributed by atoms with Crippen molar-refractivity contribution < 1.29 is 9.53 Å². The highest BCUT2D eigenvalue weighted by atomic mass is 16.5. The van der Waals surface area contributed by atoms with Crippen LogP contribution < -0.4 is 4.74 Å². The molecule has 3 heterocycles. The molecule has 1 aliphatic heterocycles. The highest BCUT2D eigenvalue weighted by Crippen LogP contribution is 2.31. The van der Waals surface area contributed by atoms with Crippen molar-refractivity contribution in [2.45, 2.75) is 34.2 Å². The molecule has 5 rings (SSSR count). The Morgan fingerprint density at radius 1 is 0.946 bits per heavy atom. The van der Waals surface area contributed by atoms with E-state index < -0.39 is 0 Å². The molecule has 6 nitrogen and oxygen atoms in total. The first-order valence-corrected chi connectivity index (χ1v) is 13.1. The number of aromatic nitrogens is 2. The molecular formula is C31H36N4O2. The van der Waals surface area contributed by atoms with Crippen LogP contribution in [0.25, 0.3) is 28.0 Å². The first-order chi connectivity index (χ1) is 17.8. The fourth-order valence-electron chi connectivity index (χ4n) is 5.13. The predicted molar refractivity (Wildman–Crippen MR) is 149 cm³/mol. The molecule has 2 aromatic carbocycles. The number of rotatable bonds is 6. The molecule has 192 valence electrons. The molecule has 6 heteroatoms. The molecule has 4 aromatic rings. The lowest BCUT2D eigenvalue weighted by molar-refractivity contribution is -0.136. The summed E-state index contributed by atoms with van der Waals surface area (Å²) in [5.74, 6) is 1.11. The van der Waals surface area contributed by atoms with Crippen LogP contribution in [-0.4, -0.2) is 58.4 Å². The Bertz CT molecular complexity index is 1410. The van der Waals surface area contributed by atoms with Crippen LogP contribution in [0.15, 0.2) is 60.8 Å². The highest BCUT2D eigenvalue weighted by Gasteiger charge is 2.25. The number of carbonyl (C=O) groups is 1. The van der Waals surface area contributed by atoms with Gasteiger partial charge in [0.25, 0.3) is 0 Å². The molecular weight excluding hydrogens is 460 g/mol. The molecule has 0 radical (unpaired) electrons. The van der Waals surface area contributed by atoms with Gasteiger partial charge in [-0.3, -0.25) is 9.69 Å². The van der Waals surface area contributed by atoms with E-state index in [9.17, 15) is 4.79 Å². The van der Waals surface area contributed by atoms with Gasteiger partial charge in [0.1, 0.15) is 11.4 Å². The van der Waals surface area contributed by atoms with Gasteiger partial charge in [0, 0.05) is 50.4 Å². The van der Waals surface area contributed by atoms with E-state index in [2.05, 4.69) is 71.8 Å². The summed E-state index contributed by atoms with van der Waals surface area (Å²) in [7, 11) is 1.68. The number of fused-ring (bicyclic) bond motifs is 1. The third-order valence-corrected chi connectivity index (χ3v) is 7.34. The standard InChI is InChI=1S/C31H36N4O2/c1-21(2)31(36)34-16-14-33(15-17-34)20-28-30(24-8-11-26(37-5)12-9-24)32-29-13-10-25(19-35(28)29)27-18-22(3)6-7-23(27)4/h6-13,18-19,21H,14-17,20H2,1-5H3. The number of aryl methyl sites for hydroxylation is 2. The van der Waals surface area contributed by atoms with E-state index in [0.717, 1.165) is 61.1 Å². The number of piperazine rings is 1. The van der Waals surface area contributed by atoms with Gasteiger partial charge < -0.3 is 14.0 Å². The Hall–Kier alpha value is -3.64. The summed E-state index contributed by atoms with van der Waals surface area (Å²) in [6, 6.07) is 19.0. The Morgan fingerprint density at radius 2 is 1.65 bits per heavy atom. The number of benzene rings is 2. The molecule has 1 aliphatic rings. The van der Waals surface area contributed by atoms with Crippen molar-refractivity contribution in [3.05, 3.63) is 77.6 Å². The Kier molecular flexibility index (Phi) is 7.02. The van der Waals surface area contributed by atoms with Gasteiger partial charge in [0.05, 0.1) is 18.5 Å². The van der Waals surface area contributed by atoms with Crippen molar-refractivity contribution in [2.24, 2.45) is 5.92 Å². The van der Waals surface area contributed by atoms with E-state index in [4.69, 9.17) is 9.72 Å². The second-order valence-corrected chi connectivity index (χ2v) is 10.4. The Morgan fingerprint density at radius 3 is 2.32 bits per heavy atom. The van der Waals surface area contributed by atoms with Crippen LogP contribution in [0.1, 0.15) is 30.7 Å². The minimum absolute atomic E-state index is 0.0375. The zero-order valence-electron chi connectivity index (χ0n) is 22.5. The van der Waals surface area contributed by atoms with Gasteiger partial charge in [0.15, 0.2) is 0 Å². The van der Waals surface area contributed by atoms with Crippen molar-refractivity contribution in [1.82, 2.24) is 19.2 Å².